The topological polar surface area (TPSA) is 35.8 Å². The van der Waals surface area contributed by atoms with E-state index >= 15 is 0 Å². The van der Waals surface area contributed by atoms with E-state index in [0.717, 1.165) is 11.3 Å². The van der Waals surface area contributed by atoms with Crippen molar-refractivity contribution in [1.82, 2.24) is 0 Å². The zero-order chi connectivity index (χ0) is 9.68. The zero-order valence-corrected chi connectivity index (χ0v) is 7.47. The standard InChI is InChI=1S/C10H11FN2/c1-8-4-9(7-12)6-10(5-8)13-3-2-11/h4-6,13H,2-3H2,1H3. The molecule has 0 fully saturated rings. The fraction of sp³-hybridized carbons (Fsp3) is 0.300. The van der Waals surface area contributed by atoms with Crippen molar-refractivity contribution in [2.24, 2.45) is 0 Å². The van der Waals surface area contributed by atoms with Crippen LogP contribution in [0.1, 0.15) is 11.1 Å². The number of rotatable bonds is 3. The van der Waals surface area contributed by atoms with E-state index in [1.807, 2.05) is 13.0 Å². The van der Waals surface area contributed by atoms with Gasteiger partial charge in [0.05, 0.1) is 11.6 Å². The summed E-state index contributed by atoms with van der Waals surface area (Å²) >= 11 is 0. The molecule has 0 heterocycles. The minimum atomic E-state index is -0.407. The highest BCUT2D eigenvalue weighted by atomic mass is 19.1. The maximum absolute atomic E-state index is 11.8. The molecule has 13 heavy (non-hydrogen) atoms. The van der Waals surface area contributed by atoms with Gasteiger partial charge in [0.25, 0.3) is 0 Å². The molecule has 0 aromatic heterocycles. The summed E-state index contributed by atoms with van der Waals surface area (Å²) < 4.78 is 11.8. The summed E-state index contributed by atoms with van der Waals surface area (Å²) in [6, 6.07) is 7.44. The number of alkyl halides is 1. The summed E-state index contributed by atoms with van der Waals surface area (Å²) in [4.78, 5) is 0. The molecule has 0 aliphatic heterocycles. The Bertz CT molecular complexity index is 328. The van der Waals surface area contributed by atoms with Gasteiger partial charge in [-0.2, -0.15) is 5.26 Å². The molecule has 2 nitrogen and oxygen atoms in total. The monoisotopic (exact) mass is 178 g/mol. The summed E-state index contributed by atoms with van der Waals surface area (Å²) in [7, 11) is 0. The third-order valence-electron chi connectivity index (χ3n) is 1.63. The van der Waals surface area contributed by atoms with Gasteiger partial charge in [-0.3, -0.25) is 0 Å². The van der Waals surface area contributed by atoms with Gasteiger partial charge in [-0.1, -0.05) is 0 Å². The highest BCUT2D eigenvalue weighted by molar-refractivity contribution is 5.51. The molecule has 3 heteroatoms. The molecule has 1 N–H and O–H groups in total. The lowest BCUT2D eigenvalue weighted by atomic mass is 10.1. The Kier molecular flexibility index (Phi) is 3.27. The van der Waals surface area contributed by atoms with Crippen molar-refractivity contribution in [3.8, 4) is 6.07 Å². The number of benzene rings is 1. The third kappa shape index (κ3) is 2.75. The second-order valence-corrected chi connectivity index (χ2v) is 2.82. The Labute approximate surface area is 77.0 Å². The van der Waals surface area contributed by atoms with Gasteiger partial charge in [0.2, 0.25) is 0 Å². The second-order valence-electron chi connectivity index (χ2n) is 2.82. The molecule has 0 aliphatic rings. The van der Waals surface area contributed by atoms with Crippen LogP contribution in [0.15, 0.2) is 18.2 Å². The first-order valence-electron chi connectivity index (χ1n) is 4.08. The molecular formula is C10H11FN2. The van der Waals surface area contributed by atoms with Crippen LogP contribution in [0.4, 0.5) is 10.1 Å². The van der Waals surface area contributed by atoms with E-state index in [1.165, 1.54) is 0 Å². The van der Waals surface area contributed by atoms with E-state index in [4.69, 9.17) is 5.26 Å². The molecule has 0 saturated heterocycles. The molecule has 0 saturated carbocycles. The van der Waals surface area contributed by atoms with Crippen molar-refractivity contribution in [1.29, 1.82) is 5.26 Å². The maximum atomic E-state index is 11.8. The van der Waals surface area contributed by atoms with Crippen LogP contribution in [0.25, 0.3) is 0 Å². The molecular weight excluding hydrogens is 167 g/mol. The minimum Gasteiger partial charge on any atom is -0.382 e. The highest BCUT2D eigenvalue weighted by Gasteiger charge is 1.96. The van der Waals surface area contributed by atoms with Gasteiger partial charge in [-0.05, 0) is 30.7 Å². The van der Waals surface area contributed by atoms with Gasteiger partial charge in [-0.25, -0.2) is 4.39 Å². The number of aryl methyl sites for hydroxylation is 1. The quantitative estimate of drug-likeness (QED) is 0.770. The number of nitriles is 1. The Morgan fingerprint density at radius 1 is 1.46 bits per heavy atom. The average molecular weight is 178 g/mol. The van der Waals surface area contributed by atoms with Crippen molar-refractivity contribution in [3.05, 3.63) is 29.3 Å². The van der Waals surface area contributed by atoms with Crippen molar-refractivity contribution < 1.29 is 4.39 Å². The second kappa shape index (κ2) is 4.46. The summed E-state index contributed by atoms with van der Waals surface area (Å²) in [6.45, 7) is 1.78. The van der Waals surface area contributed by atoms with Gasteiger partial charge >= 0.3 is 0 Å². The Hall–Kier alpha value is -1.56. The summed E-state index contributed by atoms with van der Waals surface area (Å²) in [5.41, 5.74) is 2.40. The van der Waals surface area contributed by atoms with Crippen LogP contribution < -0.4 is 5.32 Å². The van der Waals surface area contributed by atoms with Gasteiger partial charge in [0, 0.05) is 12.2 Å². The number of halogens is 1. The molecule has 0 aliphatic carbocycles. The summed E-state index contributed by atoms with van der Waals surface area (Å²) in [5, 5.41) is 11.5. The maximum Gasteiger partial charge on any atom is 0.107 e. The molecule has 1 rings (SSSR count). The first kappa shape index (κ1) is 9.53. The van der Waals surface area contributed by atoms with E-state index in [9.17, 15) is 4.39 Å². The van der Waals surface area contributed by atoms with Crippen LogP contribution in [0.3, 0.4) is 0 Å². The van der Waals surface area contributed by atoms with E-state index in [-0.39, 0.29) is 6.54 Å². The molecule has 0 amide bonds. The van der Waals surface area contributed by atoms with Crippen LogP contribution in [0, 0.1) is 18.3 Å². The normalized spacial score (nSPS) is 9.31. The van der Waals surface area contributed by atoms with Gasteiger partial charge in [0.15, 0.2) is 0 Å². The predicted molar refractivity (Wildman–Crippen MR) is 50.4 cm³/mol. The predicted octanol–water partition coefficient (Wildman–Crippen LogP) is 2.25. The van der Waals surface area contributed by atoms with Crippen LogP contribution in [0.5, 0.6) is 0 Å². The largest absolute Gasteiger partial charge is 0.382 e. The first-order valence-corrected chi connectivity index (χ1v) is 4.08. The SMILES string of the molecule is Cc1cc(C#N)cc(NCCF)c1. The Morgan fingerprint density at radius 2 is 2.23 bits per heavy atom. The zero-order valence-electron chi connectivity index (χ0n) is 7.47. The van der Waals surface area contributed by atoms with E-state index in [1.54, 1.807) is 12.1 Å². The van der Waals surface area contributed by atoms with Crippen molar-refractivity contribution in [2.45, 2.75) is 6.92 Å². The van der Waals surface area contributed by atoms with Crippen LogP contribution in [0.2, 0.25) is 0 Å². The molecule has 68 valence electrons. The van der Waals surface area contributed by atoms with Crippen molar-refractivity contribution >= 4 is 5.69 Å². The average Bonchev–Trinajstić information content (AvgIpc) is 2.14. The minimum absolute atomic E-state index is 0.286. The van der Waals surface area contributed by atoms with Crippen LogP contribution in [-0.2, 0) is 0 Å². The first-order chi connectivity index (χ1) is 6.26. The highest BCUT2D eigenvalue weighted by Crippen LogP contribution is 2.13. The van der Waals surface area contributed by atoms with E-state index in [2.05, 4.69) is 11.4 Å². The fourth-order valence-electron chi connectivity index (χ4n) is 1.14. The van der Waals surface area contributed by atoms with Crippen molar-refractivity contribution in [3.63, 3.8) is 0 Å². The van der Waals surface area contributed by atoms with E-state index in [0.29, 0.717) is 5.56 Å². The molecule has 0 bridgehead atoms. The lowest BCUT2D eigenvalue weighted by Crippen LogP contribution is -2.03. The molecule has 0 spiro atoms. The lowest BCUT2D eigenvalue weighted by Gasteiger charge is -2.04. The number of hydrogen-bond donors (Lipinski definition) is 1. The van der Waals surface area contributed by atoms with Gasteiger partial charge in [-0.15, -0.1) is 0 Å². The van der Waals surface area contributed by atoms with E-state index < -0.39 is 6.67 Å². The molecule has 0 atom stereocenters. The molecule has 0 unspecified atom stereocenters. The van der Waals surface area contributed by atoms with Gasteiger partial charge < -0.3 is 5.32 Å². The third-order valence-corrected chi connectivity index (χ3v) is 1.63. The smallest absolute Gasteiger partial charge is 0.107 e. The summed E-state index contributed by atoms with van der Waals surface area (Å²) in [5.74, 6) is 0. The number of nitrogens with one attached hydrogen (secondary N) is 1. The van der Waals surface area contributed by atoms with Crippen LogP contribution >= 0.6 is 0 Å². The Balaban J connectivity index is 2.83. The number of anilines is 1. The number of nitrogens with zero attached hydrogens (tertiary/aromatic N) is 1. The molecule has 1 aromatic carbocycles. The van der Waals surface area contributed by atoms with Crippen LogP contribution in [-0.4, -0.2) is 13.2 Å². The van der Waals surface area contributed by atoms with Gasteiger partial charge in [0.1, 0.15) is 6.67 Å². The lowest BCUT2D eigenvalue weighted by molar-refractivity contribution is 0.513. The summed E-state index contributed by atoms with van der Waals surface area (Å²) in [6.07, 6.45) is 0. The molecule has 0 radical (unpaired) electrons. The van der Waals surface area contributed by atoms with Crippen molar-refractivity contribution in [2.75, 3.05) is 18.5 Å². The number of hydrogen-bond acceptors (Lipinski definition) is 2. The molecule has 1 aromatic rings. The fourth-order valence-corrected chi connectivity index (χ4v) is 1.14. The Morgan fingerprint density at radius 3 is 2.85 bits per heavy atom.